The van der Waals surface area contributed by atoms with Crippen molar-refractivity contribution in [3.63, 3.8) is 0 Å². The molecule has 1 aromatic heterocycles. The summed E-state index contributed by atoms with van der Waals surface area (Å²) in [4.78, 5) is 19.9. The van der Waals surface area contributed by atoms with E-state index in [0.717, 1.165) is 17.7 Å². The Kier molecular flexibility index (Phi) is 4.88. The first-order valence-electron chi connectivity index (χ1n) is 7.84. The van der Waals surface area contributed by atoms with Gasteiger partial charge in [0, 0.05) is 18.1 Å². The Bertz CT molecular complexity index is 843. The maximum atomic E-state index is 12.6. The Balaban J connectivity index is 2.10. The Morgan fingerprint density at radius 2 is 2.25 bits per heavy atom. The molecule has 2 aromatic rings. The number of anilines is 1. The maximum Gasteiger partial charge on any atom is 0.257 e. The summed E-state index contributed by atoms with van der Waals surface area (Å²) in [6.45, 7) is 2.06. The number of aliphatic hydroxyl groups is 1. The van der Waals surface area contributed by atoms with E-state index in [4.69, 9.17) is 0 Å². The van der Waals surface area contributed by atoms with Crippen LogP contribution in [0, 0.1) is 11.3 Å². The van der Waals surface area contributed by atoms with Crippen molar-refractivity contribution in [2.24, 2.45) is 0 Å². The second kappa shape index (κ2) is 7.07. The van der Waals surface area contributed by atoms with Crippen molar-refractivity contribution in [1.29, 1.82) is 5.26 Å². The van der Waals surface area contributed by atoms with Crippen LogP contribution in [0.1, 0.15) is 42.4 Å². The molecule has 2 atom stereocenters. The zero-order valence-corrected chi connectivity index (χ0v) is 14.1. The third-order valence-corrected chi connectivity index (χ3v) is 5.02. The zero-order chi connectivity index (χ0) is 17.1. The van der Waals surface area contributed by atoms with Crippen molar-refractivity contribution in [3.8, 4) is 6.07 Å². The van der Waals surface area contributed by atoms with Gasteiger partial charge in [-0.05, 0) is 18.1 Å². The number of nitrogens with zero attached hydrogens (tertiary/aromatic N) is 2. The molecule has 0 spiro atoms. The topological polar surface area (TPSA) is 102 Å². The molecule has 1 aliphatic heterocycles. The number of fused-ring (bicyclic) bond motifs is 1. The minimum atomic E-state index is -0.812. The van der Waals surface area contributed by atoms with Gasteiger partial charge in [-0.1, -0.05) is 36.9 Å². The number of hydrogen-bond acceptors (Lipinski definition) is 6. The van der Waals surface area contributed by atoms with Gasteiger partial charge in [-0.25, -0.2) is 4.98 Å². The molecule has 1 aliphatic rings. The molecule has 0 aliphatic carbocycles. The average molecular weight is 342 g/mol. The van der Waals surface area contributed by atoms with Crippen molar-refractivity contribution < 1.29 is 5.11 Å². The molecule has 7 heteroatoms. The molecule has 0 fully saturated rings. The van der Waals surface area contributed by atoms with Gasteiger partial charge < -0.3 is 15.4 Å². The highest BCUT2D eigenvalue weighted by Gasteiger charge is 2.32. The molecule has 24 heavy (non-hydrogen) atoms. The zero-order valence-electron chi connectivity index (χ0n) is 13.2. The first kappa shape index (κ1) is 16.6. The smallest absolute Gasteiger partial charge is 0.257 e. The van der Waals surface area contributed by atoms with Gasteiger partial charge in [0.1, 0.15) is 12.0 Å². The number of thioether (sulfide) groups is 1. The summed E-state index contributed by atoms with van der Waals surface area (Å²) >= 11 is 1.47. The largest absolute Gasteiger partial charge is 0.374 e. The number of benzene rings is 1. The summed E-state index contributed by atoms with van der Waals surface area (Å²) in [6.07, 6.45) is 0.477. The lowest BCUT2D eigenvalue weighted by Gasteiger charge is -2.29. The van der Waals surface area contributed by atoms with Crippen LogP contribution >= 0.6 is 11.8 Å². The molecule has 3 N–H and O–H groups in total. The number of rotatable bonds is 4. The summed E-state index contributed by atoms with van der Waals surface area (Å²) in [5, 5.41) is 22.9. The summed E-state index contributed by atoms with van der Waals surface area (Å²) in [7, 11) is 0. The molecule has 0 bridgehead atoms. The molecule has 1 aromatic carbocycles. The maximum absolute atomic E-state index is 12.6. The van der Waals surface area contributed by atoms with E-state index in [-0.39, 0.29) is 11.5 Å². The summed E-state index contributed by atoms with van der Waals surface area (Å²) in [6, 6.07) is 9.32. The first-order chi connectivity index (χ1) is 11.6. The number of aliphatic hydroxyl groups excluding tert-OH is 1. The Morgan fingerprint density at radius 3 is 3.00 bits per heavy atom. The minimum absolute atomic E-state index is 0.226. The molecular weight excluding hydrogens is 324 g/mol. The third kappa shape index (κ3) is 3.16. The normalized spacial score (nSPS) is 19.2. The van der Waals surface area contributed by atoms with E-state index in [0.29, 0.717) is 28.5 Å². The van der Waals surface area contributed by atoms with Gasteiger partial charge in [-0.15, -0.1) is 0 Å². The molecule has 0 saturated heterocycles. The molecule has 0 saturated carbocycles. The Morgan fingerprint density at radius 1 is 1.46 bits per heavy atom. The van der Waals surface area contributed by atoms with Crippen molar-refractivity contribution >= 4 is 17.6 Å². The molecular formula is C17H18N4O2S. The monoisotopic (exact) mass is 342 g/mol. The number of nitriles is 1. The highest BCUT2D eigenvalue weighted by molar-refractivity contribution is 7.99. The van der Waals surface area contributed by atoms with E-state index in [1.54, 1.807) is 12.1 Å². The van der Waals surface area contributed by atoms with Crippen LogP contribution in [0.25, 0.3) is 0 Å². The predicted octanol–water partition coefficient (Wildman–Crippen LogP) is 2.41. The Hall–Kier alpha value is -2.30. The number of aromatic nitrogens is 2. The second-order valence-corrected chi connectivity index (χ2v) is 6.71. The van der Waals surface area contributed by atoms with E-state index in [2.05, 4.69) is 28.3 Å². The molecule has 3 rings (SSSR count). The highest BCUT2D eigenvalue weighted by Crippen LogP contribution is 2.37. The van der Waals surface area contributed by atoms with E-state index < -0.39 is 6.23 Å². The van der Waals surface area contributed by atoms with Gasteiger partial charge in [0.25, 0.3) is 5.56 Å². The second-order valence-electron chi connectivity index (χ2n) is 5.63. The molecule has 2 heterocycles. The molecule has 0 radical (unpaired) electrons. The Labute approximate surface area is 143 Å². The van der Waals surface area contributed by atoms with Crippen LogP contribution in [0.4, 0.5) is 5.82 Å². The average Bonchev–Trinajstić information content (AvgIpc) is 2.58. The van der Waals surface area contributed by atoms with E-state index in [9.17, 15) is 15.2 Å². The standard InChI is InChI=1S/C17H18N4O2S/c1-2-7-24-17-20-15-14(16(23)21-17)12(8-13(22)19-15)11-6-4-3-5-10(11)9-18/h3-6,12-13,22H,2,7-8H2,1H3,(H2,19,20,21,23). The van der Waals surface area contributed by atoms with Crippen molar-refractivity contribution in [3.05, 3.63) is 51.3 Å². The fourth-order valence-electron chi connectivity index (χ4n) is 2.91. The quantitative estimate of drug-likeness (QED) is 0.582. The van der Waals surface area contributed by atoms with Gasteiger partial charge in [-0.2, -0.15) is 5.26 Å². The van der Waals surface area contributed by atoms with E-state index in [1.807, 2.05) is 12.1 Å². The predicted molar refractivity (Wildman–Crippen MR) is 93.1 cm³/mol. The van der Waals surface area contributed by atoms with Crippen LogP contribution in [0.5, 0.6) is 0 Å². The first-order valence-corrected chi connectivity index (χ1v) is 8.83. The highest BCUT2D eigenvalue weighted by atomic mass is 32.2. The lowest BCUT2D eigenvalue weighted by molar-refractivity contribution is 0.181. The fraction of sp³-hybridized carbons (Fsp3) is 0.353. The van der Waals surface area contributed by atoms with Gasteiger partial charge in [0.15, 0.2) is 5.16 Å². The van der Waals surface area contributed by atoms with Crippen molar-refractivity contribution in [2.75, 3.05) is 11.1 Å². The van der Waals surface area contributed by atoms with Gasteiger partial charge in [-0.3, -0.25) is 4.79 Å². The van der Waals surface area contributed by atoms with Crippen LogP contribution in [0.3, 0.4) is 0 Å². The molecule has 0 amide bonds. The lowest BCUT2D eigenvalue weighted by atomic mass is 9.84. The van der Waals surface area contributed by atoms with E-state index in [1.165, 1.54) is 11.8 Å². The van der Waals surface area contributed by atoms with Crippen LogP contribution < -0.4 is 10.9 Å². The van der Waals surface area contributed by atoms with Crippen molar-refractivity contribution in [2.45, 2.75) is 37.1 Å². The number of hydrogen-bond donors (Lipinski definition) is 3. The minimum Gasteiger partial charge on any atom is -0.374 e. The van der Waals surface area contributed by atoms with Crippen LogP contribution in [-0.2, 0) is 0 Å². The van der Waals surface area contributed by atoms with Gasteiger partial charge in [0.2, 0.25) is 0 Å². The van der Waals surface area contributed by atoms with Crippen molar-refractivity contribution in [1.82, 2.24) is 9.97 Å². The van der Waals surface area contributed by atoms with Gasteiger partial charge in [0.05, 0.1) is 17.2 Å². The molecule has 124 valence electrons. The molecule has 2 unspecified atom stereocenters. The summed E-state index contributed by atoms with van der Waals surface area (Å²) in [5.74, 6) is 0.882. The third-order valence-electron chi connectivity index (χ3n) is 3.94. The fourth-order valence-corrected chi connectivity index (χ4v) is 3.62. The van der Waals surface area contributed by atoms with Crippen LogP contribution in [-0.4, -0.2) is 27.1 Å². The van der Waals surface area contributed by atoms with Crippen LogP contribution in [0.2, 0.25) is 0 Å². The number of H-pyrrole nitrogens is 1. The number of nitrogens with one attached hydrogen (secondary N) is 2. The summed E-state index contributed by atoms with van der Waals surface area (Å²) in [5.41, 5.74) is 1.49. The van der Waals surface area contributed by atoms with Crippen LogP contribution in [0.15, 0.2) is 34.2 Å². The number of aromatic amines is 1. The SMILES string of the molecule is CCCSc1nc2c(c(=O)[nH]1)C(c1ccccc1C#N)CC(O)N2. The van der Waals surface area contributed by atoms with Gasteiger partial charge >= 0.3 is 0 Å². The van der Waals surface area contributed by atoms with E-state index >= 15 is 0 Å². The summed E-state index contributed by atoms with van der Waals surface area (Å²) < 4.78 is 0. The lowest BCUT2D eigenvalue weighted by Crippen LogP contribution is -2.34. The molecule has 6 nitrogen and oxygen atoms in total.